The smallest absolute Gasteiger partial charge is 0.356 e. The molecule has 0 spiro atoms. The van der Waals surface area contributed by atoms with Crippen molar-refractivity contribution in [3.63, 3.8) is 0 Å². The van der Waals surface area contributed by atoms with Crippen molar-refractivity contribution in [3.8, 4) is 0 Å². The van der Waals surface area contributed by atoms with Crippen LogP contribution >= 0.6 is 7.87 Å². The van der Waals surface area contributed by atoms with Crippen molar-refractivity contribution in [2.45, 2.75) is 0 Å². The highest BCUT2D eigenvalue weighted by Crippen LogP contribution is 2.65. The second-order valence-electron chi connectivity index (χ2n) is 5.00. The van der Waals surface area contributed by atoms with Gasteiger partial charge in [0.05, 0.1) is 0 Å². The van der Waals surface area contributed by atoms with Crippen LogP contribution in [0.15, 0.2) is 24.3 Å². The third-order valence-electron chi connectivity index (χ3n) is 3.32. The van der Waals surface area contributed by atoms with E-state index < -0.39 is 7.87 Å². The largest absolute Gasteiger partial charge is 0.378 e. The number of hydrogen-bond acceptors (Lipinski definition) is 6. The van der Waals surface area contributed by atoms with E-state index in [2.05, 4.69) is 19.7 Å². The average molecular weight is 297 g/mol. The summed E-state index contributed by atoms with van der Waals surface area (Å²) in [7, 11) is 7.69. The van der Waals surface area contributed by atoms with Crippen molar-refractivity contribution < 1.29 is 5.11 Å². The lowest BCUT2D eigenvalue weighted by Crippen LogP contribution is -2.42. The van der Waals surface area contributed by atoms with E-state index in [1.165, 1.54) is 0 Å². The van der Waals surface area contributed by atoms with E-state index in [9.17, 15) is 5.11 Å². The molecule has 1 aromatic heterocycles. The van der Waals surface area contributed by atoms with Crippen LogP contribution in [0, 0.1) is 0 Å². The molecule has 1 heterocycles. The molecule has 0 aliphatic rings. The van der Waals surface area contributed by atoms with E-state index in [1.807, 2.05) is 68.6 Å². The zero-order valence-corrected chi connectivity index (χ0v) is 13.5. The molecule has 0 unspecified atom stereocenters. The molecular weight excluding hydrogens is 275 g/mol. The summed E-state index contributed by atoms with van der Waals surface area (Å²) >= 11 is 0. The monoisotopic (exact) mass is 297 g/mol. The van der Waals surface area contributed by atoms with Gasteiger partial charge in [-0.2, -0.15) is 0 Å². The molecule has 8 heteroatoms. The van der Waals surface area contributed by atoms with E-state index in [1.54, 1.807) is 0 Å². The van der Waals surface area contributed by atoms with Crippen molar-refractivity contribution in [2.75, 3.05) is 42.0 Å². The molecule has 2 aromatic rings. The van der Waals surface area contributed by atoms with Crippen LogP contribution < -0.4 is 0 Å². The van der Waals surface area contributed by atoms with Crippen molar-refractivity contribution in [1.82, 2.24) is 28.8 Å². The molecule has 0 fully saturated rings. The molecule has 0 aliphatic heterocycles. The summed E-state index contributed by atoms with van der Waals surface area (Å²) in [5.41, 5.74) is 1.82. The second kappa shape index (κ2) is 5.71. The van der Waals surface area contributed by atoms with Crippen LogP contribution in [0.25, 0.3) is 11.0 Å². The van der Waals surface area contributed by atoms with Gasteiger partial charge in [0.2, 0.25) is 0 Å². The highest BCUT2D eigenvalue weighted by atomic mass is 31.2. The van der Waals surface area contributed by atoms with Crippen LogP contribution in [0.4, 0.5) is 0 Å². The molecule has 0 saturated carbocycles. The van der Waals surface area contributed by atoms with Gasteiger partial charge < -0.3 is 5.11 Å². The van der Waals surface area contributed by atoms with E-state index in [0.717, 1.165) is 11.0 Å². The topological polar surface area (TPSA) is 60.7 Å². The van der Waals surface area contributed by atoms with Crippen molar-refractivity contribution in [1.29, 1.82) is 0 Å². The Hall–Kier alpha value is -1.11. The van der Waals surface area contributed by atoms with Gasteiger partial charge in [-0.25, -0.2) is 0 Å². The summed E-state index contributed by atoms with van der Waals surface area (Å²) in [6, 6.07) is 7.86. The molecule has 110 valence electrons. The summed E-state index contributed by atoms with van der Waals surface area (Å²) in [6.45, 7) is -0.0572. The van der Waals surface area contributed by atoms with E-state index in [-0.39, 0.29) is 6.73 Å². The van der Waals surface area contributed by atoms with Crippen LogP contribution in [0.5, 0.6) is 0 Å². The first kappa shape index (κ1) is 15.3. The van der Waals surface area contributed by atoms with E-state index >= 15 is 0 Å². The first-order chi connectivity index (χ1) is 9.46. The Morgan fingerprint density at radius 1 is 1.10 bits per heavy atom. The molecule has 1 aromatic carbocycles. The third kappa shape index (κ3) is 2.12. The Balaban J connectivity index is 2.74. The van der Waals surface area contributed by atoms with E-state index in [4.69, 9.17) is 0 Å². The fraction of sp³-hybridized carbons (Fsp3) is 0.500. The number of aliphatic hydroxyl groups is 1. The zero-order valence-electron chi connectivity index (χ0n) is 12.6. The lowest BCUT2D eigenvalue weighted by Gasteiger charge is -2.38. The van der Waals surface area contributed by atoms with Crippen LogP contribution in [0.2, 0.25) is 0 Å². The van der Waals surface area contributed by atoms with Gasteiger partial charge in [0.25, 0.3) is 0 Å². The van der Waals surface area contributed by atoms with Crippen LogP contribution in [0.1, 0.15) is 0 Å². The average Bonchev–Trinajstić information content (AvgIpc) is 2.83. The normalized spacial score (nSPS) is 13.1. The number of benzene rings is 1. The Labute approximate surface area is 119 Å². The molecule has 20 heavy (non-hydrogen) atoms. The highest BCUT2D eigenvalue weighted by Gasteiger charge is 2.54. The molecule has 0 bridgehead atoms. The first-order valence-corrected chi connectivity index (χ1v) is 7.94. The molecule has 0 aliphatic carbocycles. The van der Waals surface area contributed by atoms with Gasteiger partial charge in [0.1, 0.15) is 17.8 Å². The van der Waals surface area contributed by atoms with Gasteiger partial charge in [-0.1, -0.05) is 16.6 Å². The fourth-order valence-corrected chi connectivity index (χ4v) is 6.27. The molecule has 0 amide bonds. The third-order valence-corrected chi connectivity index (χ3v) is 7.32. The summed E-state index contributed by atoms with van der Waals surface area (Å²) in [5, 5.41) is 18.3. The minimum Gasteiger partial charge on any atom is -0.378 e. The molecule has 2 rings (SSSR count). The summed E-state index contributed by atoms with van der Waals surface area (Å²) < 4.78 is 8.04. The minimum atomic E-state index is -2.19. The Morgan fingerprint density at radius 2 is 1.70 bits per heavy atom. The number of rotatable bonds is 5. The molecular formula is C12H22N6OP+. The van der Waals surface area contributed by atoms with E-state index in [0.29, 0.717) is 0 Å². The standard InChI is InChI=1S/C12H22N6OP/c1-15(2)20(16(3)4,17(5)10-19)18-12-9-7-6-8-11(12)13-14-18/h6-9,19H,10H2,1-5H3/q+1. The van der Waals surface area contributed by atoms with Crippen molar-refractivity contribution in [2.24, 2.45) is 0 Å². The van der Waals surface area contributed by atoms with Gasteiger partial charge in [0.15, 0.2) is 0 Å². The molecule has 0 saturated heterocycles. The summed E-state index contributed by atoms with van der Waals surface area (Å²) in [6.07, 6.45) is 0. The summed E-state index contributed by atoms with van der Waals surface area (Å²) in [5.74, 6) is 0. The van der Waals surface area contributed by atoms with Crippen molar-refractivity contribution in [3.05, 3.63) is 24.3 Å². The van der Waals surface area contributed by atoms with Gasteiger partial charge in [-0.15, -0.1) is 19.1 Å². The minimum absolute atomic E-state index is 0.0572. The second-order valence-corrected chi connectivity index (χ2v) is 8.73. The van der Waals surface area contributed by atoms with Gasteiger partial charge >= 0.3 is 7.87 Å². The number of aliphatic hydroxyl groups excluding tert-OH is 1. The fourth-order valence-electron chi connectivity index (χ4n) is 2.59. The Morgan fingerprint density at radius 3 is 2.25 bits per heavy atom. The van der Waals surface area contributed by atoms with Gasteiger partial charge in [-0.3, -0.25) is 0 Å². The number of nitrogens with zero attached hydrogens (tertiary/aromatic N) is 6. The lowest BCUT2D eigenvalue weighted by atomic mass is 10.3. The Bertz CT molecular complexity index is 576. The van der Waals surface area contributed by atoms with Crippen LogP contribution in [-0.2, 0) is 0 Å². The van der Waals surface area contributed by atoms with Crippen molar-refractivity contribution >= 4 is 18.9 Å². The van der Waals surface area contributed by atoms with Gasteiger partial charge in [-0.05, 0) is 17.3 Å². The predicted octanol–water partition coefficient (Wildman–Crippen LogP) is 0.962. The number of fused-ring (bicyclic) bond motifs is 1. The Kier molecular flexibility index (Phi) is 4.36. The van der Waals surface area contributed by atoms with Gasteiger partial charge in [0, 0.05) is 35.2 Å². The maximum absolute atomic E-state index is 9.68. The molecule has 0 atom stereocenters. The first-order valence-electron chi connectivity index (χ1n) is 6.34. The number of hydrogen-bond donors (Lipinski definition) is 1. The summed E-state index contributed by atoms with van der Waals surface area (Å²) in [4.78, 5) is 0. The molecule has 1 N–H and O–H groups in total. The SMILES string of the molecule is CN(C)[P+](N(C)C)(N(C)CO)n1nnc2ccccc21. The quantitative estimate of drug-likeness (QED) is 0.655. The zero-order chi connectivity index (χ0) is 14.9. The van der Waals surface area contributed by atoms with Crippen LogP contribution in [-0.4, -0.2) is 75.9 Å². The van der Waals surface area contributed by atoms with Crippen LogP contribution in [0.3, 0.4) is 0 Å². The maximum atomic E-state index is 9.68. The maximum Gasteiger partial charge on any atom is 0.356 e. The predicted molar refractivity (Wildman–Crippen MR) is 82.1 cm³/mol. The molecule has 7 nitrogen and oxygen atoms in total. The molecule has 0 radical (unpaired) electrons. The highest BCUT2D eigenvalue weighted by molar-refractivity contribution is 7.67. The number of para-hydroxylation sites is 1. The lowest BCUT2D eigenvalue weighted by molar-refractivity contribution is 0.186. The number of aromatic nitrogens is 3.